The number of allylic oxidation sites excluding steroid dienone is 2. The second kappa shape index (κ2) is 16.0. The molecule has 3 nitrogen and oxygen atoms in total. The van der Waals surface area contributed by atoms with Crippen LogP contribution in [0.4, 0.5) is 0 Å². The molecule has 1 aliphatic heterocycles. The molecule has 1 N–H and O–H groups in total. The molecule has 3 atom stereocenters. The Morgan fingerprint density at radius 3 is 2.39 bits per heavy atom. The van der Waals surface area contributed by atoms with Crippen molar-refractivity contribution in [3.05, 3.63) is 71.3 Å². The van der Waals surface area contributed by atoms with Crippen LogP contribution in [0.15, 0.2) is 54.6 Å². The number of rotatable bonds is 17. The molecule has 0 fully saturated rings. The lowest BCUT2D eigenvalue weighted by Gasteiger charge is -2.42. The van der Waals surface area contributed by atoms with Crippen molar-refractivity contribution in [3.63, 3.8) is 0 Å². The highest BCUT2D eigenvalue weighted by Gasteiger charge is 2.42. The lowest BCUT2D eigenvalue weighted by Crippen LogP contribution is -2.40. The van der Waals surface area contributed by atoms with E-state index >= 15 is 0 Å². The molecule has 3 heteroatoms. The largest absolute Gasteiger partial charge is 0.494 e. The summed E-state index contributed by atoms with van der Waals surface area (Å²) in [4.78, 5) is 0. The second-order valence-electron chi connectivity index (χ2n) is 11.4. The Kier molecular flexibility index (Phi) is 12.7. The molecule has 0 amide bonds. The van der Waals surface area contributed by atoms with Gasteiger partial charge in [0.05, 0.1) is 13.2 Å². The first-order valence-electron chi connectivity index (χ1n) is 15.3. The predicted octanol–water partition coefficient (Wildman–Crippen LogP) is 9.28. The second-order valence-corrected chi connectivity index (χ2v) is 11.4. The van der Waals surface area contributed by atoms with E-state index in [0.717, 1.165) is 17.9 Å². The molecule has 0 bridgehead atoms. The van der Waals surface area contributed by atoms with Gasteiger partial charge < -0.3 is 14.8 Å². The molecule has 2 aromatic rings. The lowest BCUT2D eigenvalue weighted by molar-refractivity contribution is 0.168. The summed E-state index contributed by atoms with van der Waals surface area (Å²) in [6, 6.07) is 16.1. The number of benzene rings is 2. The van der Waals surface area contributed by atoms with E-state index in [1.165, 1.54) is 80.9 Å². The van der Waals surface area contributed by atoms with E-state index in [0.29, 0.717) is 25.2 Å². The number of ether oxygens (including phenoxy) is 2. The van der Waals surface area contributed by atoms with E-state index in [9.17, 15) is 0 Å². The van der Waals surface area contributed by atoms with E-state index in [-0.39, 0.29) is 5.41 Å². The quantitative estimate of drug-likeness (QED) is 0.167. The molecule has 0 saturated heterocycles. The van der Waals surface area contributed by atoms with Gasteiger partial charge in [-0.05, 0) is 70.2 Å². The smallest absolute Gasteiger partial charge is 0.126 e. The molecule has 2 aromatic carbocycles. The summed E-state index contributed by atoms with van der Waals surface area (Å²) in [5.74, 6) is 2.23. The first kappa shape index (κ1) is 30.3. The standard InChI is InChI=1S/C35H53NO2/c1-6-8-9-14-17-30(36-5)18-15-12-10-11-13-16-19-33-32-25-24-31(37-7-2)26-34(32)38-27-35(33,4)29-22-20-28(3)21-23-29/h13,16,20-26,30,33,36H,6-12,14-15,17-19,27H2,1-5H3/b16-13+. The molecular formula is C35H53NO2. The number of unbranched alkanes of at least 4 members (excludes halogenated alkanes) is 6. The van der Waals surface area contributed by atoms with Gasteiger partial charge in [0.1, 0.15) is 11.5 Å². The summed E-state index contributed by atoms with van der Waals surface area (Å²) in [5, 5.41) is 3.54. The van der Waals surface area contributed by atoms with Crippen molar-refractivity contribution in [1.29, 1.82) is 0 Å². The molecule has 38 heavy (non-hydrogen) atoms. The van der Waals surface area contributed by atoms with Gasteiger partial charge in [-0.1, -0.05) is 100 Å². The van der Waals surface area contributed by atoms with Crippen molar-refractivity contribution in [1.82, 2.24) is 5.32 Å². The van der Waals surface area contributed by atoms with Gasteiger partial charge in [-0.25, -0.2) is 0 Å². The van der Waals surface area contributed by atoms with Crippen LogP contribution in [0.25, 0.3) is 0 Å². The number of hydrogen-bond donors (Lipinski definition) is 1. The van der Waals surface area contributed by atoms with Crippen molar-refractivity contribution in [2.45, 2.75) is 116 Å². The van der Waals surface area contributed by atoms with Crippen molar-refractivity contribution in [2.24, 2.45) is 0 Å². The van der Waals surface area contributed by atoms with Gasteiger partial charge in [0.15, 0.2) is 0 Å². The summed E-state index contributed by atoms with van der Waals surface area (Å²) >= 11 is 0. The van der Waals surface area contributed by atoms with Gasteiger partial charge in [-0.15, -0.1) is 0 Å². The van der Waals surface area contributed by atoms with Crippen LogP contribution in [0.5, 0.6) is 11.5 Å². The van der Waals surface area contributed by atoms with Crippen LogP contribution in [0.1, 0.15) is 114 Å². The maximum Gasteiger partial charge on any atom is 0.126 e. The Bertz CT molecular complexity index is 966. The van der Waals surface area contributed by atoms with Crippen LogP contribution in [0, 0.1) is 6.92 Å². The van der Waals surface area contributed by atoms with Crippen molar-refractivity contribution in [2.75, 3.05) is 20.3 Å². The molecule has 0 aliphatic carbocycles. The highest BCUT2D eigenvalue weighted by Crippen LogP contribution is 2.49. The Morgan fingerprint density at radius 2 is 1.71 bits per heavy atom. The topological polar surface area (TPSA) is 30.5 Å². The fraction of sp³-hybridized carbons (Fsp3) is 0.600. The molecule has 0 aromatic heterocycles. The van der Waals surface area contributed by atoms with E-state index < -0.39 is 0 Å². The Labute approximate surface area is 233 Å². The van der Waals surface area contributed by atoms with Crippen molar-refractivity contribution < 1.29 is 9.47 Å². The predicted molar refractivity (Wildman–Crippen MR) is 163 cm³/mol. The molecule has 0 spiro atoms. The van der Waals surface area contributed by atoms with Crippen LogP contribution >= 0.6 is 0 Å². The molecular weight excluding hydrogens is 466 g/mol. The Morgan fingerprint density at radius 1 is 0.974 bits per heavy atom. The summed E-state index contributed by atoms with van der Waals surface area (Å²) in [5.41, 5.74) is 3.88. The number of nitrogens with one attached hydrogen (secondary N) is 1. The highest BCUT2D eigenvalue weighted by atomic mass is 16.5. The molecule has 210 valence electrons. The summed E-state index contributed by atoms with van der Waals surface area (Å²) < 4.78 is 12.1. The zero-order valence-electron chi connectivity index (χ0n) is 24.9. The third-order valence-electron chi connectivity index (χ3n) is 8.46. The Balaban J connectivity index is 1.56. The van der Waals surface area contributed by atoms with E-state index in [1.54, 1.807) is 0 Å². The molecule has 1 heterocycles. The molecule has 1 aliphatic rings. The SMILES string of the molecule is CCCCCCC(CCCCC/C=C/CC1c2ccc(OCC)cc2OCC1(C)c1ccc(C)cc1)NC. The minimum absolute atomic E-state index is 0.0720. The van der Waals surface area contributed by atoms with Gasteiger partial charge in [0.25, 0.3) is 0 Å². The number of aryl methyl sites for hydroxylation is 1. The first-order valence-corrected chi connectivity index (χ1v) is 15.3. The van der Waals surface area contributed by atoms with Crippen LogP contribution in [-0.2, 0) is 5.41 Å². The molecule has 3 rings (SSSR count). The normalized spacial score (nSPS) is 19.8. The maximum absolute atomic E-state index is 6.37. The van der Waals surface area contributed by atoms with E-state index in [4.69, 9.17) is 9.47 Å². The summed E-state index contributed by atoms with van der Waals surface area (Å²) in [6.07, 6.45) is 19.0. The Hall–Kier alpha value is -2.26. The molecule has 0 saturated carbocycles. The first-order chi connectivity index (χ1) is 18.5. The average Bonchev–Trinajstić information content (AvgIpc) is 2.93. The fourth-order valence-corrected chi connectivity index (χ4v) is 5.89. The van der Waals surface area contributed by atoms with Crippen LogP contribution in [0.3, 0.4) is 0 Å². The van der Waals surface area contributed by atoms with Crippen molar-refractivity contribution in [3.8, 4) is 11.5 Å². The van der Waals surface area contributed by atoms with Crippen molar-refractivity contribution >= 4 is 0 Å². The van der Waals surface area contributed by atoms with E-state index in [2.05, 4.69) is 87.8 Å². The minimum atomic E-state index is -0.0720. The van der Waals surface area contributed by atoms with Crippen LogP contribution in [-0.4, -0.2) is 26.3 Å². The third-order valence-corrected chi connectivity index (χ3v) is 8.46. The van der Waals surface area contributed by atoms with Gasteiger partial charge >= 0.3 is 0 Å². The average molecular weight is 520 g/mol. The highest BCUT2D eigenvalue weighted by molar-refractivity contribution is 5.48. The fourth-order valence-electron chi connectivity index (χ4n) is 5.89. The number of fused-ring (bicyclic) bond motifs is 1. The lowest BCUT2D eigenvalue weighted by atomic mass is 9.66. The zero-order valence-corrected chi connectivity index (χ0v) is 24.9. The number of hydrogen-bond acceptors (Lipinski definition) is 3. The van der Waals surface area contributed by atoms with Gasteiger partial charge in [0.2, 0.25) is 0 Å². The summed E-state index contributed by atoms with van der Waals surface area (Å²) in [6.45, 7) is 10.2. The van der Waals surface area contributed by atoms with Gasteiger partial charge in [-0.3, -0.25) is 0 Å². The zero-order chi connectivity index (χ0) is 27.2. The van der Waals surface area contributed by atoms with Gasteiger partial charge in [0, 0.05) is 23.4 Å². The molecule has 3 unspecified atom stereocenters. The third kappa shape index (κ3) is 8.63. The maximum atomic E-state index is 6.37. The monoisotopic (exact) mass is 519 g/mol. The molecule has 0 radical (unpaired) electrons. The van der Waals surface area contributed by atoms with Gasteiger partial charge in [-0.2, -0.15) is 0 Å². The minimum Gasteiger partial charge on any atom is -0.494 e. The van der Waals surface area contributed by atoms with Crippen LogP contribution in [0.2, 0.25) is 0 Å². The summed E-state index contributed by atoms with van der Waals surface area (Å²) in [7, 11) is 2.13. The van der Waals surface area contributed by atoms with Crippen LogP contribution < -0.4 is 14.8 Å². The van der Waals surface area contributed by atoms with E-state index in [1.807, 2.05) is 6.92 Å².